The van der Waals surface area contributed by atoms with Gasteiger partial charge in [-0.25, -0.2) is 28.0 Å². The van der Waals surface area contributed by atoms with E-state index in [-0.39, 0.29) is 94.4 Å². The summed E-state index contributed by atoms with van der Waals surface area (Å²) in [4.78, 5) is 107. The number of fused-ring (bicyclic) bond motifs is 8. The molecule has 11 aromatic carbocycles. The Hall–Kier alpha value is -15.3. The molecule has 0 aliphatic heterocycles. The van der Waals surface area contributed by atoms with Gasteiger partial charge in [-0.2, -0.15) is 13.2 Å². The van der Waals surface area contributed by atoms with Gasteiger partial charge in [0.25, 0.3) is 22.2 Å². The quantitative estimate of drug-likeness (QED) is 0.0458. The van der Waals surface area contributed by atoms with E-state index in [0.29, 0.717) is 88.0 Å². The first kappa shape index (κ1) is 93.0. The summed E-state index contributed by atoms with van der Waals surface area (Å²) < 4.78 is 107. The van der Waals surface area contributed by atoms with Crippen LogP contribution in [-0.2, 0) is 19.3 Å². The van der Waals surface area contributed by atoms with Gasteiger partial charge < -0.3 is 61.3 Å². The van der Waals surface area contributed by atoms with Crippen molar-refractivity contribution in [2.75, 3.05) is 14.2 Å². The summed E-state index contributed by atoms with van der Waals surface area (Å²) in [5.41, 5.74) is -1.31. The first-order chi connectivity index (χ1) is 65.0. The average molecular weight is 1910 g/mol. The lowest BCUT2D eigenvalue weighted by molar-refractivity contribution is -0.139. The minimum Gasteiger partial charge on any atom is -0.505 e. The van der Waals surface area contributed by atoms with Gasteiger partial charge in [0, 0.05) is 64.3 Å². The van der Waals surface area contributed by atoms with Crippen molar-refractivity contribution in [3.63, 3.8) is 0 Å². The minimum absolute atomic E-state index is 0.00180. The normalized spacial score (nSPS) is 11.4. The van der Waals surface area contributed by atoms with E-state index in [4.69, 9.17) is 38.7 Å². The molecule has 0 saturated heterocycles. The van der Waals surface area contributed by atoms with Gasteiger partial charge in [-0.15, -0.1) is 0 Å². The van der Waals surface area contributed by atoms with Crippen LogP contribution in [0.15, 0.2) is 386 Å². The molecule has 0 aliphatic carbocycles. The fraction of sp³-hybridized carbons (Fsp3) is 0.0874. The van der Waals surface area contributed by atoms with Gasteiger partial charge >= 0.3 is 28.7 Å². The van der Waals surface area contributed by atoms with Gasteiger partial charge in [-0.1, -0.05) is 192 Å². The lowest BCUT2D eigenvalue weighted by Crippen LogP contribution is -2.26. The molecule has 22 nitrogen and oxygen atoms in total. The van der Waals surface area contributed by atoms with Gasteiger partial charge in [0.2, 0.25) is 0 Å². The number of para-hydroxylation sites is 2. The van der Waals surface area contributed by atoms with Crippen LogP contribution >= 0.6 is 58.6 Å². The molecule has 135 heavy (non-hydrogen) atoms. The summed E-state index contributed by atoms with van der Waals surface area (Å²) >= 11 is 9.38. The largest absolute Gasteiger partial charge is 0.505 e. The predicted molar refractivity (Wildman–Crippen MR) is 512 cm³/mol. The SMILES string of the molecule is COc1ccc(-n2c(-c3ccc(F)cc3)cc3oc(=O)c(Sc4ccccc4C(F)(F)F)c(O)c3c2=O)cc1.COc1cccc(Cn2c(=O)c3c(O)c(Sc4ccccc4)c(=O)oc3c3ccccc32)c1.Cc1c(-c2ccccc2)n(C(C)C)c(=O)c2c(O)c(Sc3ccc(Cl)cc3)c(=O)oc12.O=c1oc2c(c(O)c1Sc1ccccc1)c(=O)n(Cc1ccccc1F)c1ccccc21. The molecule has 0 fully saturated rings. The van der Waals surface area contributed by atoms with Crippen LogP contribution in [0.3, 0.4) is 0 Å². The molecule has 0 aliphatic rings. The van der Waals surface area contributed by atoms with E-state index in [9.17, 15) is 80.7 Å². The van der Waals surface area contributed by atoms with Crippen molar-refractivity contribution in [3.05, 3.63) is 413 Å². The van der Waals surface area contributed by atoms with E-state index in [2.05, 4.69) is 0 Å². The molecule has 0 radical (unpaired) electrons. The summed E-state index contributed by atoms with van der Waals surface area (Å²) in [7, 11) is 3.06. The zero-order valence-corrected chi connectivity index (χ0v) is 75.4. The number of alkyl halides is 3. The molecule has 19 rings (SSSR count). The number of aromatic nitrogens is 4. The number of halogens is 6. The highest BCUT2D eigenvalue weighted by molar-refractivity contribution is 8.00. The fourth-order valence-corrected chi connectivity index (χ4v) is 18.9. The van der Waals surface area contributed by atoms with Gasteiger partial charge in [0.15, 0.2) is 39.7 Å². The average Bonchev–Trinajstić information content (AvgIpc) is 0.760. The summed E-state index contributed by atoms with van der Waals surface area (Å²) in [6.07, 6.45) is -4.72. The first-order valence-corrected chi connectivity index (χ1v) is 44.7. The monoisotopic (exact) mass is 1910 g/mol. The third kappa shape index (κ3) is 19.1. The number of nitrogens with zero attached hydrogens (tertiary/aromatic N) is 4. The standard InChI is InChI=1S/C28H17F4NO5S.C26H19NO5S.C25H16FNO4S.C24H20ClNO4S/c1-37-18-12-10-17(11-13-18)33-20(15-6-8-16(29)9-7-15)14-21-23(26(33)35)24(34)25(27(36)38-21)39-22-5-3-2-4-19(22)28(30,31)32;1-31-17-9-7-8-16(14-17)15-27-20-13-6-5-12-19(20)23-21(25(27)29)22(28)24(26(30)32-23)33-18-10-3-2-4-11-18;26-18-12-6-4-8-15(18)14-27-19-13-7-5-11-17(19)22-20(24(27)29)21(28)23(25(30)31-22)32-16-9-2-1-3-10-16;1-13(2)26-19(15-7-5-4-6-8-15)14(3)21-18(23(26)28)20(27)22(24(29)30-21)31-17-11-9-16(25)10-12-17/h2-14,34H,1H3;2-14,28H,15H2,1H3;1-13,28H,14H2;4-13,27H,1-3H3. The predicted octanol–water partition coefficient (Wildman–Crippen LogP) is 22.8. The van der Waals surface area contributed by atoms with Crippen LogP contribution in [0.4, 0.5) is 22.0 Å². The number of hydrogen-bond acceptors (Lipinski definition) is 22. The Labute approximate surface area is 782 Å². The molecule has 0 amide bonds. The molecule has 8 aromatic heterocycles. The van der Waals surface area contributed by atoms with Gasteiger partial charge in [-0.05, 0) is 189 Å². The van der Waals surface area contributed by atoms with E-state index in [0.717, 1.165) is 63.4 Å². The van der Waals surface area contributed by atoms with Crippen molar-refractivity contribution in [2.45, 2.75) is 85.2 Å². The molecular weight excluding hydrogens is 1840 g/mol. The van der Waals surface area contributed by atoms with Crippen molar-refractivity contribution < 1.29 is 69.5 Å². The lowest BCUT2D eigenvalue weighted by atomic mass is 10.0. The highest BCUT2D eigenvalue weighted by atomic mass is 35.5. The topological polar surface area (TPSA) is 308 Å². The minimum atomic E-state index is -4.72. The van der Waals surface area contributed by atoms with Crippen LogP contribution in [-0.4, -0.2) is 52.9 Å². The van der Waals surface area contributed by atoms with Crippen molar-refractivity contribution >= 4 is 124 Å². The molecule has 19 aromatic rings. The second-order valence-corrected chi connectivity index (χ2v) is 35.1. The van der Waals surface area contributed by atoms with Crippen LogP contribution in [0.1, 0.15) is 42.1 Å². The number of hydrogen-bond donors (Lipinski definition) is 4. The van der Waals surface area contributed by atoms with Gasteiger partial charge in [-0.3, -0.25) is 23.7 Å². The molecule has 8 heterocycles. The maximum absolute atomic E-state index is 14.3. The van der Waals surface area contributed by atoms with E-state index in [1.165, 1.54) is 64.8 Å². The number of pyridine rings is 4. The summed E-state index contributed by atoms with van der Waals surface area (Å²) in [5.74, 6) is -1.76. The van der Waals surface area contributed by atoms with Gasteiger partial charge in [0.1, 0.15) is 69.8 Å². The third-order valence-electron chi connectivity index (χ3n) is 21.5. The molecule has 4 N–H and O–H groups in total. The number of rotatable bonds is 18. The van der Waals surface area contributed by atoms with E-state index in [1.54, 1.807) is 157 Å². The van der Waals surface area contributed by atoms with Crippen LogP contribution in [0.2, 0.25) is 5.02 Å². The van der Waals surface area contributed by atoms with Crippen molar-refractivity contribution in [2.24, 2.45) is 0 Å². The molecule has 32 heteroatoms. The maximum atomic E-state index is 14.3. The Bertz CT molecular complexity index is 8350. The fourth-order valence-electron chi connectivity index (χ4n) is 15.2. The number of ether oxygens (including phenoxy) is 2. The smallest absolute Gasteiger partial charge is 0.417 e. The summed E-state index contributed by atoms with van der Waals surface area (Å²) in [5, 5.41) is 45.2. The van der Waals surface area contributed by atoms with E-state index >= 15 is 0 Å². The first-order valence-electron chi connectivity index (χ1n) is 41.1. The van der Waals surface area contributed by atoms with Crippen LogP contribution in [0.25, 0.3) is 93.9 Å². The molecular formula is C103H72ClF5N4O18S4. The highest BCUT2D eigenvalue weighted by Gasteiger charge is 2.35. The van der Waals surface area contributed by atoms with Crippen molar-refractivity contribution in [1.29, 1.82) is 0 Å². The van der Waals surface area contributed by atoms with Gasteiger partial charge in [0.05, 0.1) is 55.3 Å². The van der Waals surface area contributed by atoms with Crippen LogP contribution in [0, 0.1) is 18.6 Å². The highest BCUT2D eigenvalue weighted by Crippen LogP contribution is 2.46. The lowest BCUT2D eigenvalue weighted by Gasteiger charge is -2.21. The molecule has 0 atom stereocenters. The second-order valence-electron chi connectivity index (χ2n) is 30.3. The number of aryl methyl sites for hydroxylation is 1. The molecule has 678 valence electrons. The van der Waals surface area contributed by atoms with Crippen molar-refractivity contribution in [3.8, 4) is 62.7 Å². The molecule has 0 spiro atoms. The second kappa shape index (κ2) is 39.6. The number of aromatic hydroxyl groups is 4. The Morgan fingerprint density at radius 3 is 1.41 bits per heavy atom. The van der Waals surface area contributed by atoms with Crippen molar-refractivity contribution in [1.82, 2.24) is 18.3 Å². The van der Waals surface area contributed by atoms with Crippen LogP contribution < -0.4 is 54.2 Å². The Balaban J connectivity index is 0.000000131. The Morgan fingerprint density at radius 2 is 0.881 bits per heavy atom. The summed E-state index contributed by atoms with van der Waals surface area (Å²) in [6.45, 7) is 5.81. The van der Waals surface area contributed by atoms with E-state index < -0.39 is 89.9 Å². The molecule has 0 bridgehead atoms. The van der Waals surface area contributed by atoms with Crippen LogP contribution in [0.5, 0.6) is 34.5 Å². The summed E-state index contributed by atoms with van der Waals surface area (Å²) in [6, 6.07) is 79.4. The Kier molecular flexibility index (Phi) is 27.3. The third-order valence-corrected chi connectivity index (χ3v) is 26.1. The molecule has 0 saturated carbocycles. The van der Waals surface area contributed by atoms with E-state index in [1.807, 2.05) is 111 Å². The zero-order valence-electron chi connectivity index (χ0n) is 71.4. The number of methoxy groups -OCH3 is 2. The maximum Gasteiger partial charge on any atom is 0.417 e. The number of benzene rings is 11. The zero-order chi connectivity index (χ0) is 95.4. The molecule has 0 unspecified atom stereocenters. The Morgan fingerprint density at radius 1 is 0.422 bits per heavy atom.